The van der Waals surface area contributed by atoms with Crippen LogP contribution in [-0.2, 0) is 10.0 Å². The fraction of sp³-hybridized carbons (Fsp3) is 0.571. The summed E-state index contributed by atoms with van der Waals surface area (Å²) in [7, 11) is 2.15. The molecule has 6 heteroatoms. The summed E-state index contributed by atoms with van der Waals surface area (Å²) in [5.74, 6) is 0.665. The highest BCUT2D eigenvalue weighted by Crippen LogP contribution is 2.27. The molecule has 1 N–H and O–H groups in total. The fourth-order valence-corrected chi connectivity index (χ4v) is 3.93. The van der Waals surface area contributed by atoms with E-state index in [1.807, 2.05) is 14.1 Å². The molecule has 5 nitrogen and oxygen atoms in total. The quantitative estimate of drug-likeness (QED) is 0.892. The van der Waals surface area contributed by atoms with Gasteiger partial charge in [0.2, 0.25) is 10.0 Å². The summed E-state index contributed by atoms with van der Waals surface area (Å²) in [5.41, 5.74) is 0.695. The van der Waals surface area contributed by atoms with Crippen molar-refractivity contribution in [3.05, 3.63) is 23.8 Å². The monoisotopic (exact) mass is 298 g/mol. The Morgan fingerprint density at radius 3 is 2.45 bits per heavy atom. The van der Waals surface area contributed by atoms with Gasteiger partial charge in [-0.2, -0.15) is 0 Å². The molecule has 0 aromatic heterocycles. The zero-order chi connectivity index (χ0) is 14.9. The molecule has 1 aliphatic carbocycles. The molecule has 0 saturated heterocycles. The van der Waals surface area contributed by atoms with Crippen LogP contribution in [0.25, 0.3) is 0 Å². The number of ether oxygens (including phenoxy) is 1. The summed E-state index contributed by atoms with van der Waals surface area (Å²) < 4.78 is 32.6. The Bertz CT molecular complexity index is 578. The number of sulfonamides is 1. The lowest BCUT2D eigenvalue weighted by molar-refractivity contribution is 0.159. The molecule has 0 amide bonds. The molecule has 112 valence electrons. The Labute approximate surface area is 121 Å². The summed E-state index contributed by atoms with van der Waals surface area (Å²) in [6.07, 6.45) is 1.73. The lowest BCUT2D eigenvalue weighted by atomic mass is 9.87. The minimum atomic E-state index is -3.45. The van der Waals surface area contributed by atoms with E-state index in [4.69, 9.17) is 4.74 Å². The Kier molecular flexibility index (Phi) is 4.36. The van der Waals surface area contributed by atoms with Crippen LogP contribution in [0.5, 0.6) is 5.75 Å². The Hall–Kier alpha value is -1.11. The van der Waals surface area contributed by atoms with Gasteiger partial charge >= 0.3 is 0 Å². The first kappa shape index (κ1) is 15.3. The van der Waals surface area contributed by atoms with E-state index >= 15 is 0 Å². The number of aryl methyl sites for hydroxylation is 1. The van der Waals surface area contributed by atoms with Crippen LogP contribution < -0.4 is 9.46 Å². The van der Waals surface area contributed by atoms with Gasteiger partial charge in [-0.1, -0.05) is 0 Å². The molecule has 0 spiro atoms. The number of methoxy groups -OCH3 is 1. The van der Waals surface area contributed by atoms with Gasteiger partial charge in [0.25, 0.3) is 0 Å². The topological polar surface area (TPSA) is 58.6 Å². The normalized spacial score (nSPS) is 22.6. The highest BCUT2D eigenvalue weighted by Gasteiger charge is 2.34. The molecule has 1 saturated carbocycles. The largest absolute Gasteiger partial charge is 0.497 e. The van der Waals surface area contributed by atoms with Crippen LogP contribution in [0, 0.1) is 6.92 Å². The van der Waals surface area contributed by atoms with Gasteiger partial charge in [0.1, 0.15) is 5.75 Å². The predicted molar refractivity (Wildman–Crippen MR) is 78.5 cm³/mol. The summed E-state index contributed by atoms with van der Waals surface area (Å²) in [6.45, 7) is 1.78. The van der Waals surface area contributed by atoms with Crippen molar-refractivity contribution in [1.82, 2.24) is 9.62 Å². The van der Waals surface area contributed by atoms with E-state index in [-0.39, 0.29) is 6.04 Å². The molecular formula is C14H22N2O3S. The van der Waals surface area contributed by atoms with E-state index in [9.17, 15) is 8.42 Å². The van der Waals surface area contributed by atoms with Crippen molar-refractivity contribution in [2.24, 2.45) is 0 Å². The van der Waals surface area contributed by atoms with Crippen molar-refractivity contribution in [3.63, 3.8) is 0 Å². The van der Waals surface area contributed by atoms with Crippen molar-refractivity contribution >= 4 is 10.0 Å². The fourth-order valence-electron chi connectivity index (χ4n) is 2.44. The molecule has 1 aromatic rings. The predicted octanol–water partition coefficient (Wildman–Crippen LogP) is 1.37. The van der Waals surface area contributed by atoms with E-state index in [1.54, 1.807) is 32.2 Å². The highest BCUT2D eigenvalue weighted by atomic mass is 32.2. The average molecular weight is 298 g/mol. The van der Waals surface area contributed by atoms with Crippen LogP contribution in [0.15, 0.2) is 23.1 Å². The Morgan fingerprint density at radius 1 is 1.30 bits per heavy atom. The van der Waals surface area contributed by atoms with Crippen molar-refractivity contribution in [1.29, 1.82) is 0 Å². The molecule has 1 fully saturated rings. The maximum absolute atomic E-state index is 12.4. The molecule has 2 rings (SSSR count). The Balaban J connectivity index is 2.08. The molecule has 1 aliphatic rings. The zero-order valence-electron chi connectivity index (χ0n) is 12.4. The van der Waals surface area contributed by atoms with Crippen LogP contribution in [0.2, 0.25) is 0 Å². The van der Waals surface area contributed by atoms with E-state index in [0.717, 1.165) is 12.8 Å². The van der Waals surface area contributed by atoms with Crippen LogP contribution in [-0.4, -0.2) is 46.6 Å². The maximum atomic E-state index is 12.4. The van der Waals surface area contributed by atoms with Gasteiger partial charge in [-0.05, 0) is 57.6 Å². The second-order valence-corrected chi connectivity index (χ2v) is 7.22. The first-order valence-electron chi connectivity index (χ1n) is 6.67. The van der Waals surface area contributed by atoms with Gasteiger partial charge < -0.3 is 9.64 Å². The number of rotatable bonds is 5. The van der Waals surface area contributed by atoms with Gasteiger partial charge in [0.05, 0.1) is 12.0 Å². The summed E-state index contributed by atoms with van der Waals surface area (Å²) in [4.78, 5) is 2.45. The van der Waals surface area contributed by atoms with Gasteiger partial charge in [-0.15, -0.1) is 0 Å². The minimum Gasteiger partial charge on any atom is -0.497 e. The number of nitrogens with one attached hydrogen (secondary N) is 1. The van der Waals surface area contributed by atoms with Crippen molar-refractivity contribution < 1.29 is 13.2 Å². The van der Waals surface area contributed by atoms with Gasteiger partial charge in [0.15, 0.2) is 0 Å². The number of nitrogens with zero attached hydrogens (tertiary/aromatic N) is 1. The second-order valence-electron chi connectivity index (χ2n) is 5.54. The number of benzene rings is 1. The van der Waals surface area contributed by atoms with E-state index in [1.165, 1.54) is 0 Å². The third-order valence-corrected chi connectivity index (χ3v) is 5.52. The first-order valence-corrected chi connectivity index (χ1v) is 8.15. The molecule has 0 atom stereocenters. The molecule has 1 aromatic carbocycles. The molecule has 20 heavy (non-hydrogen) atoms. The SMILES string of the molecule is COc1ccc(S(=O)(=O)NC2CC(N(C)C)C2)c(C)c1. The number of hydrogen-bond acceptors (Lipinski definition) is 4. The summed E-state index contributed by atoms with van der Waals surface area (Å²) in [5, 5.41) is 0. The van der Waals surface area contributed by atoms with Crippen LogP contribution in [0.4, 0.5) is 0 Å². The van der Waals surface area contributed by atoms with E-state index in [2.05, 4.69) is 9.62 Å². The van der Waals surface area contributed by atoms with Gasteiger partial charge in [0, 0.05) is 12.1 Å². The lowest BCUT2D eigenvalue weighted by Gasteiger charge is -2.39. The van der Waals surface area contributed by atoms with Gasteiger partial charge in [-0.25, -0.2) is 13.1 Å². The van der Waals surface area contributed by atoms with E-state index < -0.39 is 10.0 Å². The lowest BCUT2D eigenvalue weighted by Crippen LogP contribution is -2.51. The van der Waals surface area contributed by atoms with Crippen molar-refractivity contribution in [3.8, 4) is 5.75 Å². The van der Waals surface area contributed by atoms with Gasteiger partial charge in [-0.3, -0.25) is 0 Å². The second kappa shape index (κ2) is 5.71. The third kappa shape index (κ3) is 3.13. The standard InChI is InChI=1S/C14H22N2O3S/c1-10-7-13(19-4)5-6-14(10)20(17,18)15-11-8-12(9-11)16(2)3/h5-7,11-12,15H,8-9H2,1-4H3. The summed E-state index contributed by atoms with van der Waals surface area (Å²) in [6, 6.07) is 5.51. The van der Waals surface area contributed by atoms with Crippen molar-refractivity contribution in [2.45, 2.75) is 36.7 Å². The molecule has 0 aliphatic heterocycles. The molecular weight excluding hydrogens is 276 g/mol. The third-order valence-electron chi connectivity index (χ3n) is 3.84. The molecule has 0 unspecified atom stereocenters. The first-order chi connectivity index (χ1) is 9.33. The summed E-state index contributed by atoms with van der Waals surface area (Å²) >= 11 is 0. The maximum Gasteiger partial charge on any atom is 0.241 e. The van der Waals surface area contributed by atoms with Crippen molar-refractivity contribution in [2.75, 3.05) is 21.2 Å². The highest BCUT2D eigenvalue weighted by molar-refractivity contribution is 7.89. The van der Waals surface area contributed by atoms with E-state index in [0.29, 0.717) is 22.3 Å². The van der Waals surface area contributed by atoms with Crippen LogP contribution in [0.1, 0.15) is 18.4 Å². The molecule has 0 heterocycles. The molecule has 0 radical (unpaired) electrons. The van der Waals surface area contributed by atoms with Crippen LogP contribution in [0.3, 0.4) is 0 Å². The molecule has 0 bridgehead atoms. The average Bonchev–Trinajstić information content (AvgIpc) is 2.32. The van der Waals surface area contributed by atoms with Crippen LogP contribution >= 0.6 is 0 Å². The Morgan fingerprint density at radius 2 is 1.95 bits per heavy atom. The number of hydrogen-bond donors (Lipinski definition) is 1. The minimum absolute atomic E-state index is 0.0360. The smallest absolute Gasteiger partial charge is 0.241 e. The zero-order valence-corrected chi connectivity index (χ0v) is 13.2.